The van der Waals surface area contributed by atoms with Gasteiger partial charge in [0.1, 0.15) is 17.0 Å². The van der Waals surface area contributed by atoms with Crippen molar-refractivity contribution in [2.75, 3.05) is 5.32 Å². The summed E-state index contributed by atoms with van der Waals surface area (Å²) in [6.45, 7) is 10.7. The van der Waals surface area contributed by atoms with E-state index >= 15 is 0 Å². The van der Waals surface area contributed by atoms with Crippen molar-refractivity contribution in [3.05, 3.63) is 23.8 Å². The van der Waals surface area contributed by atoms with E-state index in [4.69, 9.17) is 9.47 Å². The van der Waals surface area contributed by atoms with Crippen molar-refractivity contribution in [1.29, 1.82) is 0 Å². The number of carbonyl (C=O) groups excluding carboxylic acids is 2. The summed E-state index contributed by atoms with van der Waals surface area (Å²) in [5.41, 5.74) is -0.338. The maximum Gasteiger partial charge on any atom is 0.412 e. The third-order valence-corrected chi connectivity index (χ3v) is 2.53. The largest absolute Gasteiger partial charge is 0.506 e. The first-order valence-corrected chi connectivity index (χ1v) is 7.64. The molecule has 1 rings (SSSR count). The van der Waals surface area contributed by atoms with Crippen LogP contribution in [0.15, 0.2) is 18.2 Å². The molecule has 0 fully saturated rings. The Morgan fingerprint density at radius 3 is 2.08 bits per heavy atom. The maximum atomic E-state index is 11.8. The molecule has 0 bridgehead atoms. The van der Waals surface area contributed by atoms with Gasteiger partial charge < -0.3 is 19.9 Å². The van der Waals surface area contributed by atoms with Gasteiger partial charge in [0.25, 0.3) is 0 Å². The zero-order chi connectivity index (χ0) is 18.5. The zero-order valence-electron chi connectivity index (χ0n) is 15.0. The van der Waals surface area contributed by atoms with Gasteiger partial charge in [-0.15, -0.1) is 0 Å². The number of alkyl carbamates (subject to hydrolysis) is 1. The summed E-state index contributed by atoms with van der Waals surface area (Å²) in [7, 11) is 0. The molecule has 24 heavy (non-hydrogen) atoms. The summed E-state index contributed by atoms with van der Waals surface area (Å²) >= 11 is 0. The molecule has 0 saturated heterocycles. The molecule has 0 aromatic heterocycles. The smallest absolute Gasteiger partial charge is 0.412 e. The van der Waals surface area contributed by atoms with Gasteiger partial charge in [0.2, 0.25) is 0 Å². The number of amides is 2. The molecule has 134 valence electrons. The van der Waals surface area contributed by atoms with Crippen molar-refractivity contribution in [1.82, 2.24) is 5.32 Å². The highest BCUT2D eigenvalue weighted by Gasteiger charge is 2.18. The van der Waals surface area contributed by atoms with Crippen LogP contribution >= 0.6 is 0 Å². The predicted octanol–water partition coefficient (Wildman–Crippen LogP) is 3.76. The lowest BCUT2D eigenvalue weighted by atomic mass is 10.2. The maximum absolute atomic E-state index is 11.8. The summed E-state index contributed by atoms with van der Waals surface area (Å²) in [5.74, 6) is -0.0955. The second-order valence-electron chi connectivity index (χ2n) is 7.33. The van der Waals surface area contributed by atoms with Gasteiger partial charge in [-0.2, -0.15) is 0 Å². The molecule has 1 aromatic rings. The molecule has 2 amide bonds. The second kappa shape index (κ2) is 7.42. The van der Waals surface area contributed by atoms with Crippen LogP contribution in [0.5, 0.6) is 5.75 Å². The highest BCUT2D eigenvalue weighted by atomic mass is 16.6. The second-order valence-corrected chi connectivity index (χ2v) is 7.33. The van der Waals surface area contributed by atoms with Crippen molar-refractivity contribution in [2.45, 2.75) is 59.3 Å². The molecular weight excluding hydrogens is 312 g/mol. The van der Waals surface area contributed by atoms with Gasteiger partial charge >= 0.3 is 12.2 Å². The standard InChI is InChI=1S/C17H26N2O5/c1-16(2,3)23-14(21)18-10-11-7-8-13(20)12(9-11)19-15(22)24-17(4,5)6/h7-9,20H,10H2,1-6H3,(H,18,21)(H,19,22). The van der Waals surface area contributed by atoms with Crippen molar-refractivity contribution >= 4 is 17.9 Å². The summed E-state index contributed by atoms with van der Waals surface area (Å²) in [6, 6.07) is 4.61. The number of ether oxygens (including phenoxy) is 2. The third-order valence-electron chi connectivity index (χ3n) is 2.53. The van der Waals surface area contributed by atoms with Crippen LogP contribution in [-0.4, -0.2) is 28.5 Å². The molecular formula is C17H26N2O5. The van der Waals surface area contributed by atoms with Crippen LogP contribution in [0.4, 0.5) is 15.3 Å². The van der Waals surface area contributed by atoms with E-state index in [9.17, 15) is 14.7 Å². The van der Waals surface area contributed by atoms with Gasteiger partial charge in [0, 0.05) is 6.54 Å². The predicted molar refractivity (Wildman–Crippen MR) is 91.0 cm³/mol. The molecule has 0 aliphatic rings. The Morgan fingerprint density at radius 2 is 1.54 bits per heavy atom. The van der Waals surface area contributed by atoms with Crippen LogP contribution in [0.3, 0.4) is 0 Å². The summed E-state index contributed by atoms with van der Waals surface area (Å²) in [6.07, 6.45) is -1.22. The minimum atomic E-state index is -0.671. The first kappa shape index (κ1) is 19.6. The highest BCUT2D eigenvalue weighted by Crippen LogP contribution is 2.25. The van der Waals surface area contributed by atoms with Crippen LogP contribution < -0.4 is 10.6 Å². The first-order valence-electron chi connectivity index (χ1n) is 7.64. The average Bonchev–Trinajstić information content (AvgIpc) is 2.35. The first-order chi connectivity index (χ1) is 10.9. The van der Waals surface area contributed by atoms with E-state index in [1.165, 1.54) is 6.07 Å². The molecule has 0 saturated carbocycles. The van der Waals surface area contributed by atoms with Gasteiger partial charge in [-0.05, 0) is 59.2 Å². The molecule has 0 aliphatic carbocycles. The van der Waals surface area contributed by atoms with E-state index in [0.717, 1.165) is 0 Å². The van der Waals surface area contributed by atoms with E-state index in [1.807, 2.05) is 0 Å². The number of anilines is 1. The van der Waals surface area contributed by atoms with Crippen molar-refractivity contribution in [3.63, 3.8) is 0 Å². The van der Waals surface area contributed by atoms with Crippen LogP contribution in [0.2, 0.25) is 0 Å². The lowest BCUT2D eigenvalue weighted by Gasteiger charge is -2.20. The molecule has 7 heteroatoms. The number of hydrogen-bond acceptors (Lipinski definition) is 5. The fourth-order valence-electron chi connectivity index (χ4n) is 1.70. The van der Waals surface area contributed by atoms with E-state index in [0.29, 0.717) is 5.56 Å². The summed E-state index contributed by atoms with van der Waals surface area (Å²) in [4.78, 5) is 23.4. The quantitative estimate of drug-likeness (QED) is 0.729. The van der Waals surface area contributed by atoms with Gasteiger partial charge in [0.15, 0.2) is 0 Å². The Bertz CT molecular complexity index is 600. The van der Waals surface area contributed by atoms with Crippen LogP contribution in [-0.2, 0) is 16.0 Å². The van der Waals surface area contributed by atoms with E-state index in [-0.39, 0.29) is 18.0 Å². The van der Waals surface area contributed by atoms with E-state index < -0.39 is 23.4 Å². The van der Waals surface area contributed by atoms with Gasteiger partial charge in [-0.25, -0.2) is 9.59 Å². The lowest BCUT2D eigenvalue weighted by Crippen LogP contribution is -2.32. The Kier molecular flexibility index (Phi) is 6.06. The van der Waals surface area contributed by atoms with Gasteiger partial charge in [0.05, 0.1) is 5.69 Å². The summed E-state index contributed by atoms with van der Waals surface area (Å²) in [5, 5.41) is 14.9. The van der Waals surface area contributed by atoms with Crippen LogP contribution in [0.25, 0.3) is 0 Å². The molecule has 0 aliphatic heterocycles. The molecule has 0 radical (unpaired) electrons. The van der Waals surface area contributed by atoms with Crippen molar-refractivity contribution in [3.8, 4) is 5.75 Å². The Labute approximate surface area is 142 Å². The van der Waals surface area contributed by atoms with Crippen molar-refractivity contribution < 1.29 is 24.2 Å². The van der Waals surface area contributed by atoms with Crippen LogP contribution in [0, 0.1) is 0 Å². The number of benzene rings is 1. The molecule has 0 unspecified atom stereocenters. The van der Waals surface area contributed by atoms with Gasteiger partial charge in [-0.1, -0.05) is 6.07 Å². The van der Waals surface area contributed by atoms with E-state index in [1.54, 1.807) is 53.7 Å². The molecule has 0 spiro atoms. The topological polar surface area (TPSA) is 96.9 Å². The lowest BCUT2D eigenvalue weighted by molar-refractivity contribution is 0.0522. The molecule has 0 atom stereocenters. The number of hydrogen-bond donors (Lipinski definition) is 3. The third kappa shape index (κ3) is 7.71. The number of phenolic OH excluding ortho intramolecular Hbond substituents is 1. The molecule has 3 N–H and O–H groups in total. The fraction of sp³-hybridized carbons (Fsp3) is 0.529. The highest BCUT2D eigenvalue weighted by molar-refractivity contribution is 5.87. The van der Waals surface area contributed by atoms with Crippen molar-refractivity contribution in [2.24, 2.45) is 0 Å². The zero-order valence-corrected chi connectivity index (χ0v) is 15.0. The Hall–Kier alpha value is -2.44. The fourth-order valence-corrected chi connectivity index (χ4v) is 1.70. The monoisotopic (exact) mass is 338 g/mol. The Morgan fingerprint density at radius 1 is 1.00 bits per heavy atom. The number of nitrogens with one attached hydrogen (secondary N) is 2. The minimum absolute atomic E-state index is 0.0955. The molecule has 0 heterocycles. The normalized spacial score (nSPS) is 11.6. The van der Waals surface area contributed by atoms with E-state index in [2.05, 4.69) is 10.6 Å². The number of phenols is 1. The SMILES string of the molecule is CC(C)(C)OC(=O)NCc1ccc(O)c(NC(=O)OC(C)(C)C)c1. The number of aromatic hydroxyl groups is 1. The number of rotatable bonds is 3. The average molecular weight is 338 g/mol. The molecule has 7 nitrogen and oxygen atoms in total. The van der Waals surface area contributed by atoms with Crippen LogP contribution in [0.1, 0.15) is 47.1 Å². The Balaban J connectivity index is 2.69. The summed E-state index contributed by atoms with van der Waals surface area (Å²) < 4.78 is 10.3. The minimum Gasteiger partial charge on any atom is -0.506 e. The van der Waals surface area contributed by atoms with Gasteiger partial charge in [-0.3, -0.25) is 5.32 Å². The number of carbonyl (C=O) groups is 2. The molecule has 1 aromatic carbocycles.